The summed E-state index contributed by atoms with van der Waals surface area (Å²) >= 11 is 6.75. The molecule has 2 heterocycles. The second kappa shape index (κ2) is 6.66. The molecule has 1 amide bonds. The molecule has 3 rings (SSSR count). The van der Waals surface area contributed by atoms with Gasteiger partial charge in [0.2, 0.25) is 5.91 Å². The van der Waals surface area contributed by atoms with Gasteiger partial charge >= 0.3 is 0 Å². The van der Waals surface area contributed by atoms with Gasteiger partial charge in [-0.25, -0.2) is 4.39 Å². The summed E-state index contributed by atoms with van der Waals surface area (Å²) in [6.45, 7) is 3.53. The van der Waals surface area contributed by atoms with E-state index in [1.807, 2.05) is 24.4 Å². The average molecular weight is 362 g/mol. The Kier molecular flexibility index (Phi) is 4.59. The van der Waals surface area contributed by atoms with E-state index in [1.54, 1.807) is 23.6 Å². The highest BCUT2D eigenvalue weighted by Crippen LogP contribution is 2.26. The number of aryl methyl sites for hydroxylation is 1. The van der Waals surface area contributed by atoms with E-state index in [0.717, 1.165) is 10.4 Å². The fourth-order valence-electron chi connectivity index (χ4n) is 2.33. The maximum Gasteiger partial charge on any atom is 0.247 e. The summed E-state index contributed by atoms with van der Waals surface area (Å²) in [6, 6.07) is 7.72. The lowest BCUT2D eigenvalue weighted by Gasteiger charge is -2.16. The third-order valence-corrected chi connectivity index (χ3v) is 4.75. The van der Waals surface area contributed by atoms with Crippen LogP contribution in [0.25, 0.3) is 10.7 Å². The van der Waals surface area contributed by atoms with Gasteiger partial charge in [-0.3, -0.25) is 14.5 Å². The van der Waals surface area contributed by atoms with Crippen molar-refractivity contribution in [1.82, 2.24) is 14.8 Å². The fraction of sp³-hybridized carbons (Fsp3) is 0.188. The molecule has 124 valence electrons. The number of hydrogen-bond acceptors (Lipinski definition) is 4. The van der Waals surface area contributed by atoms with Gasteiger partial charge in [0.1, 0.15) is 11.9 Å². The quantitative estimate of drug-likeness (QED) is 0.680. The molecule has 3 aromatic rings. The molecular weight excluding hydrogens is 347 g/mol. The van der Waals surface area contributed by atoms with Crippen LogP contribution < -0.4 is 5.32 Å². The predicted octanol–water partition coefficient (Wildman–Crippen LogP) is 4.32. The summed E-state index contributed by atoms with van der Waals surface area (Å²) in [5.74, 6) is -0.257. The van der Waals surface area contributed by atoms with Crippen LogP contribution in [0.1, 0.15) is 18.5 Å². The van der Waals surface area contributed by atoms with Crippen LogP contribution in [0.15, 0.2) is 35.7 Å². The van der Waals surface area contributed by atoms with Gasteiger partial charge in [0, 0.05) is 0 Å². The first kappa shape index (κ1) is 16.5. The van der Waals surface area contributed by atoms with E-state index in [0.29, 0.717) is 10.6 Å². The minimum atomic E-state index is -0.645. The van der Waals surface area contributed by atoms with E-state index in [9.17, 15) is 9.18 Å². The Morgan fingerprint density at radius 1 is 1.46 bits per heavy atom. The number of hydrogen-bond donors (Lipinski definition) is 2. The molecule has 0 bridgehead atoms. The van der Waals surface area contributed by atoms with Crippen LogP contribution in [0.2, 0.25) is 0 Å². The summed E-state index contributed by atoms with van der Waals surface area (Å²) in [4.78, 5) is 13.5. The highest BCUT2D eigenvalue weighted by molar-refractivity contribution is 7.71. The number of anilines is 1. The van der Waals surface area contributed by atoms with Crippen LogP contribution in [0, 0.1) is 17.5 Å². The zero-order valence-electron chi connectivity index (χ0n) is 13.0. The molecule has 0 aliphatic carbocycles. The number of H-pyrrole nitrogens is 1. The number of amides is 1. The van der Waals surface area contributed by atoms with E-state index in [4.69, 9.17) is 12.2 Å². The number of nitrogens with one attached hydrogen (secondary N) is 2. The number of aromatic amines is 1. The summed E-state index contributed by atoms with van der Waals surface area (Å²) in [5.41, 5.74) is 1.01. The van der Waals surface area contributed by atoms with Gasteiger partial charge in [0.05, 0.1) is 10.6 Å². The first-order chi connectivity index (χ1) is 11.5. The molecule has 0 unspecified atom stereocenters. The molecule has 2 N–H and O–H groups in total. The van der Waals surface area contributed by atoms with Crippen molar-refractivity contribution in [3.63, 3.8) is 0 Å². The molecule has 1 aromatic carbocycles. The highest BCUT2D eigenvalue weighted by Gasteiger charge is 2.22. The van der Waals surface area contributed by atoms with Gasteiger partial charge < -0.3 is 5.32 Å². The molecule has 0 aliphatic heterocycles. The normalized spacial score (nSPS) is 12.1. The predicted molar refractivity (Wildman–Crippen MR) is 95.2 cm³/mol. The number of nitrogens with zero attached hydrogens (tertiary/aromatic N) is 2. The Morgan fingerprint density at radius 3 is 2.96 bits per heavy atom. The Morgan fingerprint density at radius 2 is 2.25 bits per heavy atom. The summed E-state index contributed by atoms with van der Waals surface area (Å²) in [5, 5.41) is 11.5. The molecule has 0 fully saturated rings. The van der Waals surface area contributed by atoms with Crippen molar-refractivity contribution < 1.29 is 9.18 Å². The molecular formula is C16H15FN4OS2. The number of benzene rings is 1. The van der Waals surface area contributed by atoms with E-state index >= 15 is 0 Å². The Labute approximate surface area is 147 Å². The number of aromatic nitrogens is 3. The zero-order valence-corrected chi connectivity index (χ0v) is 14.7. The number of rotatable bonds is 4. The van der Waals surface area contributed by atoms with Crippen molar-refractivity contribution >= 4 is 35.1 Å². The highest BCUT2D eigenvalue weighted by atomic mass is 32.1. The van der Waals surface area contributed by atoms with Gasteiger partial charge in [-0.15, -0.1) is 11.3 Å². The molecule has 2 aromatic heterocycles. The SMILES string of the molecule is Cc1ccc(F)c(NC(=O)[C@H](C)n2c(-c3cccs3)n[nH]c2=S)c1. The molecule has 0 saturated heterocycles. The van der Waals surface area contributed by atoms with Crippen LogP contribution in [0.5, 0.6) is 0 Å². The van der Waals surface area contributed by atoms with E-state index < -0.39 is 11.9 Å². The van der Waals surface area contributed by atoms with Crippen LogP contribution in [-0.2, 0) is 4.79 Å². The molecule has 1 atom stereocenters. The molecule has 24 heavy (non-hydrogen) atoms. The van der Waals surface area contributed by atoms with E-state index in [2.05, 4.69) is 15.5 Å². The second-order valence-corrected chi connectivity index (χ2v) is 6.68. The van der Waals surface area contributed by atoms with Crippen molar-refractivity contribution in [2.75, 3.05) is 5.32 Å². The standard InChI is InChI=1S/C16H15FN4OS2/c1-9-5-6-11(17)12(8-9)18-15(22)10(2)21-14(19-20-16(21)23)13-4-3-7-24-13/h3-8,10H,1-2H3,(H,18,22)(H,20,23)/t10-/m0/s1. The molecule has 8 heteroatoms. The van der Waals surface area contributed by atoms with Gasteiger partial charge in [-0.05, 0) is 55.2 Å². The van der Waals surface area contributed by atoms with Gasteiger partial charge in [0.15, 0.2) is 10.6 Å². The van der Waals surface area contributed by atoms with E-state index in [1.165, 1.54) is 17.4 Å². The number of halogens is 1. The largest absolute Gasteiger partial charge is 0.322 e. The van der Waals surface area contributed by atoms with Crippen LogP contribution in [-0.4, -0.2) is 20.7 Å². The van der Waals surface area contributed by atoms with Crippen molar-refractivity contribution in [3.05, 3.63) is 51.9 Å². The maximum atomic E-state index is 13.9. The third-order valence-electron chi connectivity index (χ3n) is 3.59. The molecule has 0 saturated carbocycles. The number of thiophene rings is 1. The maximum absolute atomic E-state index is 13.9. The first-order valence-electron chi connectivity index (χ1n) is 7.25. The van der Waals surface area contributed by atoms with Crippen LogP contribution in [0.3, 0.4) is 0 Å². The van der Waals surface area contributed by atoms with Crippen molar-refractivity contribution in [3.8, 4) is 10.7 Å². The molecule has 0 spiro atoms. The van der Waals surface area contributed by atoms with Gasteiger partial charge in [0.25, 0.3) is 0 Å². The van der Waals surface area contributed by atoms with Gasteiger partial charge in [-0.1, -0.05) is 12.1 Å². The Bertz CT molecular complexity index is 930. The van der Waals surface area contributed by atoms with Crippen molar-refractivity contribution in [2.45, 2.75) is 19.9 Å². The van der Waals surface area contributed by atoms with Crippen LogP contribution in [0.4, 0.5) is 10.1 Å². The average Bonchev–Trinajstić information content (AvgIpc) is 3.19. The Balaban J connectivity index is 1.91. The zero-order chi connectivity index (χ0) is 17.3. The smallest absolute Gasteiger partial charge is 0.247 e. The van der Waals surface area contributed by atoms with Crippen molar-refractivity contribution in [1.29, 1.82) is 0 Å². The lowest BCUT2D eigenvalue weighted by Crippen LogP contribution is -2.24. The lowest BCUT2D eigenvalue weighted by atomic mass is 10.2. The lowest BCUT2D eigenvalue weighted by molar-refractivity contribution is -0.118. The summed E-state index contributed by atoms with van der Waals surface area (Å²) in [6.07, 6.45) is 0. The molecule has 0 radical (unpaired) electrons. The molecule has 5 nitrogen and oxygen atoms in total. The number of carbonyl (C=O) groups is 1. The summed E-state index contributed by atoms with van der Waals surface area (Å²) < 4.78 is 15.8. The summed E-state index contributed by atoms with van der Waals surface area (Å²) in [7, 11) is 0. The van der Waals surface area contributed by atoms with Crippen LogP contribution >= 0.6 is 23.6 Å². The number of carbonyl (C=O) groups excluding carboxylic acids is 1. The fourth-order valence-corrected chi connectivity index (χ4v) is 3.33. The van der Waals surface area contributed by atoms with Crippen molar-refractivity contribution in [2.24, 2.45) is 0 Å². The van der Waals surface area contributed by atoms with Gasteiger partial charge in [-0.2, -0.15) is 5.10 Å². The minimum Gasteiger partial charge on any atom is -0.322 e. The third kappa shape index (κ3) is 3.15. The first-order valence-corrected chi connectivity index (χ1v) is 8.54. The van der Waals surface area contributed by atoms with E-state index in [-0.39, 0.29) is 11.6 Å². The Hall–Kier alpha value is -2.32. The minimum absolute atomic E-state index is 0.152. The topological polar surface area (TPSA) is 62.7 Å². The molecule has 0 aliphatic rings. The second-order valence-electron chi connectivity index (χ2n) is 5.35. The monoisotopic (exact) mass is 362 g/mol.